The molecular formula is C12H24O2. The fourth-order valence-electron chi connectivity index (χ4n) is 1.23. The zero-order valence-corrected chi connectivity index (χ0v) is 9.37. The molecule has 0 aromatic rings. The molecule has 0 saturated heterocycles. The summed E-state index contributed by atoms with van der Waals surface area (Å²) < 4.78 is 5.46. The Morgan fingerprint density at radius 1 is 1.00 bits per heavy atom. The molecule has 0 radical (unpaired) electrons. The molecule has 1 N–H and O–H groups in total. The van der Waals surface area contributed by atoms with Crippen LogP contribution in [0.3, 0.4) is 0 Å². The van der Waals surface area contributed by atoms with E-state index in [2.05, 4.69) is 6.92 Å². The van der Waals surface area contributed by atoms with E-state index in [1.54, 1.807) is 6.08 Å². The van der Waals surface area contributed by atoms with Gasteiger partial charge in [0.2, 0.25) is 0 Å². The first kappa shape index (κ1) is 13.7. The highest BCUT2D eigenvalue weighted by Gasteiger charge is 1.89. The van der Waals surface area contributed by atoms with Crippen LogP contribution in [0.25, 0.3) is 0 Å². The summed E-state index contributed by atoms with van der Waals surface area (Å²) in [5.74, 6) is 0. The van der Waals surface area contributed by atoms with Crippen LogP contribution in [0.15, 0.2) is 12.2 Å². The van der Waals surface area contributed by atoms with E-state index in [1.165, 1.54) is 25.7 Å². The third-order valence-corrected chi connectivity index (χ3v) is 2.07. The quantitative estimate of drug-likeness (QED) is 0.434. The number of allylic oxidation sites excluding steroid dienone is 1. The molecule has 0 aromatic carbocycles. The fraction of sp³-hybridized carbons (Fsp3) is 0.833. The Bertz CT molecular complexity index is 121. The molecule has 0 saturated carbocycles. The average molecular weight is 200 g/mol. The lowest BCUT2D eigenvalue weighted by Gasteiger charge is -2.02. The Kier molecular flexibility index (Phi) is 12.4. The topological polar surface area (TPSA) is 29.5 Å². The lowest BCUT2D eigenvalue weighted by molar-refractivity contribution is 0.128. The predicted molar refractivity (Wildman–Crippen MR) is 60.4 cm³/mol. The van der Waals surface area contributed by atoms with Gasteiger partial charge in [0, 0.05) is 13.2 Å². The Morgan fingerprint density at radius 2 is 1.79 bits per heavy atom. The van der Waals surface area contributed by atoms with E-state index in [-0.39, 0.29) is 6.61 Å². The number of aliphatic hydroxyl groups is 1. The molecule has 2 heteroatoms. The van der Waals surface area contributed by atoms with Crippen molar-refractivity contribution in [2.24, 2.45) is 0 Å². The molecule has 2 nitrogen and oxygen atoms in total. The molecule has 0 atom stereocenters. The van der Waals surface area contributed by atoms with Crippen molar-refractivity contribution in [3.63, 3.8) is 0 Å². The maximum Gasteiger partial charge on any atom is 0.0612 e. The highest BCUT2D eigenvalue weighted by Crippen LogP contribution is 1.99. The van der Waals surface area contributed by atoms with Crippen molar-refractivity contribution in [1.82, 2.24) is 0 Å². The van der Waals surface area contributed by atoms with Gasteiger partial charge in [0.25, 0.3) is 0 Å². The zero-order valence-electron chi connectivity index (χ0n) is 9.37. The third-order valence-electron chi connectivity index (χ3n) is 2.07. The van der Waals surface area contributed by atoms with Gasteiger partial charge in [-0.25, -0.2) is 0 Å². The van der Waals surface area contributed by atoms with Crippen molar-refractivity contribution in [3.05, 3.63) is 12.2 Å². The smallest absolute Gasteiger partial charge is 0.0612 e. The maximum atomic E-state index is 8.47. The van der Waals surface area contributed by atoms with Gasteiger partial charge in [-0.3, -0.25) is 0 Å². The first-order chi connectivity index (χ1) is 6.91. The van der Waals surface area contributed by atoms with Crippen LogP contribution in [0.1, 0.15) is 45.4 Å². The van der Waals surface area contributed by atoms with Gasteiger partial charge < -0.3 is 9.84 Å². The van der Waals surface area contributed by atoms with Gasteiger partial charge in [-0.15, -0.1) is 0 Å². The highest BCUT2D eigenvalue weighted by atomic mass is 16.5. The number of ether oxygens (including phenoxy) is 1. The summed E-state index contributed by atoms with van der Waals surface area (Å²) in [6.45, 7) is 4.12. The summed E-state index contributed by atoms with van der Waals surface area (Å²) in [7, 11) is 0. The number of hydrogen-bond acceptors (Lipinski definition) is 2. The molecule has 0 spiro atoms. The summed E-state index contributed by atoms with van der Waals surface area (Å²) in [5, 5.41) is 8.47. The lowest BCUT2D eigenvalue weighted by atomic mass is 10.2. The minimum Gasteiger partial charge on any atom is -0.392 e. The van der Waals surface area contributed by atoms with Gasteiger partial charge in [0.15, 0.2) is 0 Å². The van der Waals surface area contributed by atoms with E-state index in [0.717, 1.165) is 26.1 Å². The monoisotopic (exact) mass is 200 g/mol. The van der Waals surface area contributed by atoms with Crippen LogP contribution in [0, 0.1) is 0 Å². The van der Waals surface area contributed by atoms with E-state index >= 15 is 0 Å². The molecule has 14 heavy (non-hydrogen) atoms. The third kappa shape index (κ3) is 11.7. The summed E-state index contributed by atoms with van der Waals surface area (Å²) in [4.78, 5) is 0. The molecule has 0 aromatic heterocycles. The second kappa shape index (κ2) is 12.7. The van der Waals surface area contributed by atoms with Gasteiger partial charge in [-0.1, -0.05) is 38.3 Å². The predicted octanol–water partition coefficient (Wildman–Crippen LogP) is 2.91. The van der Waals surface area contributed by atoms with Crippen molar-refractivity contribution in [1.29, 1.82) is 0 Å². The van der Waals surface area contributed by atoms with Crippen LogP contribution in [0.4, 0.5) is 0 Å². The highest BCUT2D eigenvalue weighted by molar-refractivity contribution is 4.80. The van der Waals surface area contributed by atoms with Crippen molar-refractivity contribution < 1.29 is 9.84 Å². The Labute approximate surface area is 88.0 Å². The Hall–Kier alpha value is -0.340. The summed E-state index contributed by atoms with van der Waals surface area (Å²) in [5.41, 5.74) is 0. The number of unbranched alkanes of at least 4 members (excludes halogenated alkanes) is 4. The van der Waals surface area contributed by atoms with Gasteiger partial charge >= 0.3 is 0 Å². The molecule has 0 fully saturated rings. The molecule has 0 aliphatic rings. The molecule has 0 aliphatic heterocycles. The lowest BCUT2D eigenvalue weighted by Crippen LogP contribution is -1.96. The van der Waals surface area contributed by atoms with Crippen molar-refractivity contribution in [3.8, 4) is 0 Å². The number of rotatable bonds is 10. The maximum absolute atomic E-state index is 8.47. The number of hydrogen-bond donors (Lipinski definition) is 1. The number of aliphatic hydroxyl groups excluding tert-OH is 1. The van der Waals surface area contributed by atoms with E-state index in [4.69, 9.17) is 9.84 Å². The van der Waals surface area contributed by atoms with Crippen molar-refractivity contribution >= 4 is 0 Å². The first-order valence-electron chi connectivity index (χ1n) is 5.75. The average Bonchev–Trinajstić information content (AvgIpc) is 2.21. The van der Waals surface area contributed by atoms with Gasteiger partial charge in [0.05, 0.1) is 6.61 Å². The van der Waals surface area contributed by atoms with Crippen LogP contribution in [-0.4, -0.2) is 24.9 Å². The summed E-state index contributed by atoms with van der Waals surface area (Å²) >= 11 is 0. The Balaban J connectivity index is 2.88. The van der Waals surface area contributed by atoms with Crippen LogP contribution in [0.5, 0.6) is 0 Å². The fourth-order valence-corrected chi connectivity index (χ4v) is 1.23. The SMILES string of the molecule is CCCCCCOCCC/C=C/CO. The second-order valence-corrected chi connectivity index (χ2v) is 3.47. The minimum absolute atomic E-state index is 0.151. The molecule has 0 unspecified atom stereocenters. The molecule has 0 amide bonds. The van der Waals surface area contributed by atoms with E-state index < -0.39 is 0 Å². The van der Waals surface area contributed by atoms with Crippen molar-refractivity contribution in [2.75, 3.05) is 19.8 Å². The normalized spacial score (nSPS) is 11.3. The molecule has 0 heterocycles. The Morgan fingerprint density at radius 3 is 2.50 bits per heavy atom. The van der Waals surface area contributed by atoms with Gasteiger partial charge in [-0.05, 0) is 19.3 Å². The van der Waals surface area contributed by atoms with Gasteiger partial charge in [-0.2, -0.15) is 0 Å². The molecule has 84 valence electrons. The summed E-state index contributed by atoms with van der Waals surface area (Å²) in [6, 6.07) is 0. The largest absolute Gasteiger partial charge is 0.392 e. The van der Waals surface area contributed by atoms with E-state index in [0.29, 0.717) is 0 Å². The molecule has 0 rings (SSSR count). The second-order valence-electron chi connectivity index (χ2n) is 3.47. The van der Waals surface area contributed by atoms with Crippen LogP contribution in [-0.2, 0) is 4.74 Å². The van der Waals surface area contributed by atoms with E-state index in [9.17, 15) is 0 Å². The van der Waals surface area contributed by atoms with Crippen molar-refractivity contribution in [2.45, 2.75) is 45.4 Å². The molecular weight excluding hydrogens is 176 g/mol. The standard InChI is InChI=1S/C12H24O2/c1-2-3-4-8-11-14-12-9-6-5-7-10-13/h5,7,13H,2-4,6,8-12H2,1H3/b7-5+. The van der Waals surface area contributed by atoms with E-state index in [1.807, 2.05) is 6.08 Å². The first-order valence-corrected chi connectivity index (χ1v) is 5.75. The van der Waals surface area contributed by atoms with Crippen LogP contribution < -0.4 is 0 Å². The summed E-state index contributed by atoms with van der Waals surface area (Å²) in [6.07, 6.45) is 10.9. The molecule has 0 aliphatic carbocycles. The zero-order chi connectivity index (χ0) is 10.5. The van der Waals surface area contributed by atoms with Crippen LogP contribution in [0.2, 0.25) is 0 Å². The van der Waals surface area contributed by atoms with Crippen LogP contribution >= 0.6 is 0 Å². The minimum atomic E-state index is 0.151. The molecule has 0 bridgehead atoms. The van der Waals surface area contributed by atoms with Gasteiger partial charge in [0.1, 0.15) is 0 Å².